The molecule has 1 unspecified atom stereocenters. The van der Waals surface area contributed by atoms with Crippen molar-refractivity contribution in [3.8, 4) is 0 Å². The summed E-state index contributed by atoms with van der Waals surface area (Å²) in [7, 11) is 0. The van der Waals surface area contributed by atoms with Gasteiger partial charge in [-0.2, -0.15) is 0 Å². The zero-order chi connectivity index (χ0) is 14.4. The summed E-state index contributed by atoms with van der Waals surface area (Å²) in [5, 5.41) is 9.56. The van der Waals surface area contributed by atoms with Crippen LogP contribution in [0.2, 0.25) is 0 Å². The van der Waals surface area contributed by atoms with E-state index in [1.54, 1.807) is 0 Å². The Morgan fingerprint density at radius 3 is 2.55 bits per heavy atom. The largest absolute Gasteiger partial charge is 0.481 e. The Balaban J connectivity index is 2.12. The van der Waals surface area contributed by atoms with Crippen LogP contribution >= 0.6 is 0 Å². The molecule has 2 nitrogen and oxygen atoms in total. The van der Waals surface area contributed by atoms with Crippen LogP contribution in [0.1, 0.15) is 44.6 Å². The lowest BCUT2D eigenvalue weighted by molar-refractivity contribution is -0.146. The molecule has 0 fully saturated rings. The van der Waals surface area contributed by atoms with Gasteiger partial charge >= 0.3 is 5.97 Å². The van der Waals surface area contributed by atoms with Gasteiger partial charge in [0.05, 0.1) is 5.41 Å². The van der Waals surface area contributed by atoms with Crippen molar-refractivity contribution in [3.05, 3.63) is 54.1 Å². The highest BCUT2D eigenvalue weighted by atomic mass is 16.4. The number of rotatable bonds is 6. The number of hydrogen-bond acceptors (Lipinski definition) is 1. The fourth-order valence-electron chi connectivity index (χ4n) is 2.66. The van der Waals surface area contributed by atoms with Crippen LogP contribution in [0.25, 0.3) is 5.57 Å². The van der Waals surface area contributed by atoms with Crippen LogP contribution in [0.3, 0.4) is 0 Å². The van der Waals surface area contributed by atoms with Crippen molar-refractivity contribution in [1.29, 1.82) is 0 Å². The van der Waals surface area contributed by atoms with Gasteiger partial charge in [-0.1, -0.05) is 74.7 Å². The Morgan fingerprint density at radius 1 is 1.25 bits per heavy atom. The van der Waals surface area contributed by atoms with Crippen LogP contribution in [0.5, 0.6) is 0 Å². The standard InChI is InChI=1S/C18H22O2/c1-2-3-7-12-18(17(19)20)13-10-16(11-14-18)15-8-5-4-6-9-15/h4-6,8-11,13H,2-3,7,12,14H2,1H3,(H,19,20). The number of allylic oxidation sites excluding steroid dienone is 3. The van der Waals surface area contributed by atoms with Crippen LogP contribution in [0.15, 0.2) is 48.6 Å². The molecule has 1 N–H and O–H groups in total. The Bertz CT molecular complexity index is 513. The first kappa shape index (κ1) is 14.6. The van der Waals surface area contributed by atoms with E-state index >= 15 is 0 Å². The quantitative estimate of drug-likeness (QED) is 0.762. The van der Waals surface area contributed by atoms with Crippen LogP contribution in [-0.4, -0.2) is 11.1 Å². The first-order chi connectivity index (χ1) is 9.68. The average molecular weight is 270 g/mol. The monoisotopic (exact) mass is 270 g/mol. The summed E-state index contributed by atoms with van der Waals surface area (Å²) < 4.78 is 0. The Morgan fingerprint density at radius 2 is 2.00 bits per heavy atom. The molecule has 0 saturated carbocycles. The zero-order valence-electron chi connectivity index (χ0n) is 12.0. The molecule has 1 aromatic carbocycles. The molecule has 0 bridgehead atoms. The summed E-state index contributed by atoms with van der Waals surface area (Å²) in [5.41, 5.74) is 1.57. The van der Waals surface area contributed by atoms with Gasteiger partial charge in [-0.15, -0.1) is 0 Å². The molecular weight excluding hydrogens is 248 g/mol. The number of carboxylic acid groups (broad SMARTS) is 1. The van der Waals surface area contributed by atoms with E-state index in [0.717, 1.165) is 36.8 Å². The van der Waals surface area contributed by atoms with Gasteiger partial charge in [0.25, 0.3) is 0 Å². The van der Waals surface area contributed by atoms with Gasteiger partial charge in [-0.05, 0) is 24.0 Å². The summed E-state index contributed by atoms with van der Waals surface area (Å²) in [6.45, 7) is 2.14. The first-order valence-corrected chi connectivity index (χ1v) is 7.36. The zero-order valence-corrected chi connectivity index (χ0v) is 12.0. The van der Waals surface area contributed by atoms with E-state index in [0.29, 0.717) is 6.42 Å². The lowest BCUT2D eigenvalue weighted by Gasteiger charge is -2.28. The van der Waals surface area contributed by atoms with E-state index in [9.17, 15) is 9.90 Å². The highest BCUT2D eigenvalue weighted by Crippen LogP contribution is 2.37. The molecule has 1 atom stereocenters. The molecule has 20 heavy (non-hydrogen) atoms. The number of unbranched alkanes of at least 4 members (excludes halogenated alkanes) is 2. The number of carboxylic acids is 1. The van der Waals surface area contributed by atoms with Crippen molar-refractivity contribution >= 4 is 11.5 Å². The predicted molar refractivity (Wildman–Crippen MR) is 82.4 cm³/mol. The summed E-state index contributed by atoms with van der Waals surface area (Å²) in [5.74, 6) is -0.701. The van der Waals surface area contributed by atoms with Crippen molar-refractivity contribution in [2.75, 3.05) is 0 Å². The maximum absolute atomic E-state index is 11.6. The van der Waals surface area contributed by atoms with Crippen molar-refractivity contribution in [2.45, 2.75) is 39.0 Å². The van der Waals surface area contributed by atoms with Gasteiger partial charge < -0.3 is 5.11 Å². The van der Waals surface area contributed by atoms with E-state index in [4.69, 9.17) is 0 Å². The maximum Gasteiger partial charge on any atom is 0.313 e. The van der Waals surface area contributed by atoms with E-state index in [1.807, 2.05) is 30.4 Å². The topological polar surface area (TPSA) is 37.3 Å². The molecule has 0 radical (unpaired) electrons. The third kappa shape index (κ3) is 3.19. The van der Waals surface area contributed by atoms with Gasteiger partial charge in [0, 0.05) is 0 Å². The molecule has 106 valence electrons. The van der Waals surface area contributed by atoms with Crippen LogP contribution in [-0.2, 0) is 4.79 Å². The normalized spacial score (nSPS) is 21.6. The molecule has 0 aromatic heterocycles. The second kappa shape index (κ2) is 6.56. The lowest BCUT2D eigenvalue weighted by atomic mass is 9.75. The number of aliphatic carboxylic acids is 1. The number of benzene rings is 1. The highest BCUT2D eigenvalue weighted by Gasteiger charge is 2.35. The van der Waals surface area contributed by atoms with Gasteiger partial charge in [-0.25, -0.2) is 0 Å². The van der Waals surface area contributed by atoms with Gasteiger partial charge in [0.15, 0.2) is 0 Å². The second-order valence-electron chi connectivity index (χ2n) is 5.48. The third-order valence-electron chi connectivity index (χ3n) is 4.03. The fraction of sp³-hybridized carbons (Fsp3) is 0.389. The van der Waals surface area contributed by atoms with Crippen molar-refractivity contribution in [2.24, 2.45) is 5.41 Å². The summed E-state index contributed by atoms with van der Waals surface area (Å²) in [6, 6.07) is 10.1. The molecule has 2 rings (SSSR count). The molecule has 1 aliphatic rings. The van der Waals surface area contributed by atoms with Gasteiger partial charge in [0.1, 0.15) is 0 Å². The van der Waals surface area contributed by atoms with E-state index in [1.165, 1.54) is 0 Å². The summed E-state index contributed by atoms with van der Waals surface area (Å²) in [4.78, 5) is 11.6. The highest BCUT2D eigenvalue weighted by molar-refractivity contribution is 5.83. The molecule has 2 heteroatoms. The van der Waals surface area contributed by atoms with Crippen molar-refractivity contribution in [1.82, 2.24) is 0 Å². The molecule has 0 aliphatic heterocycles. The molecule has 0 spiro atoms. The lowest BCUT2D eigenvalue weighted by Crippen LogP contribution is -2.29. The minimum Gasteiger partial charge on any atom is -0.481 e. The predicted octanol–water partition coefficient (Wildman–Crippen LogP) is 4.68. The fourth-order valence-corrected chi connectivity index (χ4v) is 2.66. The Labute approximate surface area is 120 Å². The van der Waals surface area contributed by atoms with Crippen LogP contribution in [0, 0.1) is 5.41 Å². The molecule has 0 heterocycles. The Kier molecular flexibility index (Phi) is 4.78. The second-order valence-corrected chi connectivity index (χ2v) is 5.48. The number of hydrogen-bond donors (Lipinski definition) is 1. The Hall–Kier alpha value is -1.83. The maximum atomic E-state index is 11.6. The smallest absolute Gasteiger partial charge is 0.313 e. The molecular formula is C18H22O2. The van der Waals surface area contributed by atoms with E-state index < -0.39 is 11.4 Å². The van der Waals surface area contributed by atoms with Gasteiger partial charge in [-0.3, -0.25) is 4.79 Å². The van der Waals surface area contributed by atoms with Crippen LogP contribution < -0.4 is 0 Å². The SMILES string of the molecule is CCCCCC1(C(=O)O)C=CC(c2ccccc2)=CC1. The molecule has 0 amide bonds. The first-order valence-electron chi connectivity index (χ1n) is 7.36. The number of carbonyl (C=O) groups is 1. The summed E-state index contributed by atoms with van der Waals surface area (Å²) in [6.07, 6.45) is 10.4. The van der Waals surface area contributed by atoms with Crippen molar-refractivity contribution < 1.29 is 9.90 Å². The molecule has 1 aromatic rings. The van der Waals surface area contributed by atoms with Crippen molar-refractivity contribution in [3.63, 3.8) is 0 Å². The van der Waals surface area contributed by atoms with Crippen LogP contribution in [0.4, 0.5) is 0 Å². The summed E-state index contributed by atoms with van der Waals surface area (Å²) >= 11 is 0. The minimum atomic E-state index is -0.701. The third-order valence-corrected chi connectivity index (χ3v) is 4.03. The minimum absolute atomic E-state index is 0.590. The molecule has 1 aliphatic carbocycles. The molecule has 0 saturated heterocycles. The van der Waals surface area contributed by atoms with Gasteiger partial charge in [0.2, 0.25) is 0 Å². The average Bonchev–Trinajstić information content (AvgIpc) is 2.49. The van der Waals surface area contributed by atoms with E-state index in [2.05, 4.69) is 25.1 Å². The van der Waals surface area contributed by atoms with E-state index in [-0.39, 0.29) is 0 Å².